The first-order valence-electron chi connectivity index (χ1n) is 5.51. The van der Waals surface area contributed by atoms with Crippen molar-refractivity contribution in [2.24, 2.45) is 17.8 Å². The summed E-state index contributed by atoms with van der Waals surface area (Å²) in [6.45, 7) is 10.1. The average molecular weight is 218 g/mol. The fraction of sp³-hybridized carbons (Fsp3) is 1.00. The molecule has 84 valence electrons. The smallest absolute Gasteiger partial charge is 0.156 e. The Morgan fingerprint density at radius 2 is 1.57 bits per heavy atom. The summed E-state index contributed by atoms with van der Waals surface area (Å²) in [5.74, 6) is 0.831. The topological polar surface area (TPSA) is 34.1 Å². The molecule has 0 bridgehead atoms. The molecule has 14 heavy (non-hydrogen) atoms. The average Bonchev–Trinajstić information content (AvgIpc) is 2.20. The van der Waals surface area contributed by atoms with Crippen LogP contribution in [0.2, 0.25) is 0 Å². The lowest BCUT2D eigenvalue weighted by Crippen LogP contribution is -2.31. The summed E-state index contributed by atoms with van der Waals surface area (Å²) in [5.41, 5.74) is 0. The minimum absolute atomic E-state index is 0.107. The summed E-state index contributed by atoms with van der Waals surface area (Å²) < 4.78 is 24.4. The Morgan fingerprint density at radius 3 is 1.79 bits per heavy atom. The highest BCUT2D eigenvalue weighted by Crippen LogP contribution is 2.39. The Labute approximate surface area is 88.0 Å². The Kier molecular flexibility index (Phi) is 3.30. The second kappa shape index (κ2) is 3.84. The van der Waals surface area contributed by atoms with Gasteiger partial charge in [-0.2, -0.15) is 0 Å². The van der Waals surface area contributed by atoms with E-state index in [1.54, 1.807) is 0 Å². The molecule has 1 aliphatic heterocycles. The summed E-state index contributed by atoms with van der Waals surface area (Å²) >= 11 is 0. The number of rotatable bonds is 2. The highest BCUT2D eigenvalue weighted by atomic mass is 32.2. The van der Waals surface area contributed by atoms with Crippen LogP contribution < -0.4 is 0 Å². The van der Waals surface area contributed by atoms with Crippen molar-refractivity contribution < 1.29 is 8.42 Å². The van der Waals surface area contributed by atoms with Crippen LogP contribution in [0, 0.1) is 17.8 Å². The van der Waals surface area contributed by atoms with E-state index in [-0.39, 0.29) is 22.3 Å². The van der Waals surface area contributed by atoms with E-state index in [1.165, 1.54) is 0 Å². The molecule has 0 radical (unpaired) electrons. The minimum Gasteiger partial charge on any atom is -0.228 e. The second-order valence-electron chi connectivity index (χ2n) is 5.29. The largest absolute Gasteiger partial charge is 0.228 e. The zero-order chi connectivity index (χ0) is 11.1. The predicted octanol–water partition coefficient (Wildman–Crippen LogP) is 2.49. The van der Waals surface area contributed by atoms with Gasteiger partial charge in [-0.15, -0.1) is 0 Å². The molecule has 1 rings (SSSR count). The highest BCUT2D eigenvalue weighted by Gasteiger charge is 2.47. The Morgan fingerprint density at radius 1 is 1.07 bits per heavy atom. The predicted molar refractivity (Wildman–Crippen MR) is 60.0 cm³/mol. The van der Waals surface area contributed by atoms with Crippen LogP contribution in [0.25, 0.3) is 0 Å². The molecule has 1 saturated heterocycles. The molecule has 3 heteroatoms. The molecule has 0 aliphatic carbocycles. The van der Waals surface area contributed by atoms with Gasteiger partial charge in [-0.25, -0.2) is 8.42 Å². The van der Waals surface area contributed by atoms with E-state index in [4.69, 9.17) is 0 Å². The zero-order valence-electron chi connectivity index (χ0n) is 9.82. The molecule has 0 saturated carbocycles. The molecular weight excluding hydrogens is 196 g/mol. The van der Waals surface area contributed by atoms with Gasteiger partial charge in [0.15, 0.2) is 9.84 Å². The van der Waals surface area contributed by atoms with Crippen LogP contribution >= 0.6 is 0 Å². The van der Waals surface area contributed by atoms with E-state index in [1.807, 2.05) is 27.7 Å². The van der Waals surface area contributed by atoms with E-state index in [0.29, 0.717) is 5.92 Å². The van der Waals surface area contributed by atoms with Gasteiger partial charge in [0.25, 0.3) is 0 Å². The molecule has 0 aromatic heterocycles. The molecule has 0 aromatic carbocycles. The second-order valence-corrected chi connectivity index (χ2v) is 7.62. The fourth-order valence-corrected chi connectivity index (χ4v) is 6.10. The van der Waals surface area contributed by atoms with Crippen LogP contribution in [-0.4, -0.2) is 18.9 Å². The Hall–Kier alpha value is -0.0500. The van der Waals surface area contributed by atoms with Crippen molar-refractivity contribution >= 4 is 9.84 Å². The van der Waals surface area contributed by atoms with Crippen LogP contribution in [-0.2, 0) is 9.84 Å². The fourth-order valence-electron chi connectivity index (χ4n) is 2.85. The first-order chi connectivity index (χ1) is 6.28. The van der Waals surface area contributed by atoms with Crippen LogP contribution in [0.1, 0.15) is 41.0 Å². The van der Waals surface area contributed by atoms with Gasteiger partial charge in [0.2, 0.25) is 0 Å². The molecule has 0 N–H and O–H groups in total. The molecule has 1 fully saturated rings. The normalized spacial score (nSPS) is 36.9. The van der Waals surface area contributed by atoms with Crippen LogP contribution in [0.5, 0.6) is 0 Å². The maximum Gasteiger partial charge on any atom is 0.156 e. The van der Waals surface area contributed by atoms with Crippen LogP contribution in [0.4, 0.5) is 0 Å². The van der Waals surface area contributed by atoms with E-state index in [2.05, 4.69) is 6.92 Å². The van der Waals surface area contributed by atoms with Gasteiger partial charge < -0.3 is 0 Å². The maximum atomic E-state index is 12.2. The molecule has 1 heterocycles. The van der Waals surface area contributed by atoms with Crippen molar-refractivity contribution in [1.29, 1.82) is 0 Å². The van der Waals surface area contributed by atoms with E-state index in [0.717, 1.165) is 6.42 Å². The lowest BCUT2D eigenvalue weighted by atomic mass is 9.92. The van der Waals surface area contributed by atoms with Gasteiger partial charge in [-0.05, 0) is 24.2 Å². The first kappa shape index (κ1) is 12.0. The molecule has 3 unspecified atom stereocenters. The monoisotopic (exact) mass is 218 g/mol. The van der Waals surface area contributed by atoms with Gasteiger partial charge in [0.05, 0.1) is 10.5 Å². The highest BCUT2D eigenvalue weighted by molar-refractivity contribution is 7.93. The van der Waals surface area contributed by atoms with E-state index >= 15 is 0 Å². The summed E-state index contributed by atoms with van der Waals surface area (Å²) in [4.78, 5) is 0. The van der Waals surface area contributed by atoms with Gasteiger partial charge in [-0.3, -0.25) is 0 Å². The van der Waals surface area contributed by atoms with E-state index < -0.39 is 9.84 Å². The molecule has 1 aliphatic rings. The molecule has 3 atom stereocenters. The van der Waals surface area contributed by atoms with Crippen molar-refractivity contribution in [3.63, 3.8) is 0 Å². The summed E-state index contributed by atoms with van der Waals surface area (Å²) in [5, 5.41) is -0.222. The summed E-state index contributed by atoms with van der Waals surface area (Å²) in [7, 11) is -2.88. The number of sulfone groups is 1. The van der Waals surface area contributed by atoms with Crippen LogP contribution in [0.3, 0.4) is 0 Å². The van der Waals surface area contributed by atoms with E-state index in [9.17, 15) is 8.42 Å². The van der Waals surface area contributed by atoms with Gasteiger partial charge in [0.1, 0.15) is 0 Å². The molecule has 0 amide bonds. The third-order valence-corrected chi connectivity index (χ3v) is 6.72. The Balaban J connectivity index is 3.03. The third kappa shape index (κ3) is 1.83. The SMILES string of the molecule is CC(C)C1CC(C)C(C(C)C)S1(=O)=O. The third-order valence-electron chi connectivity index (χ3n) is 3.37. The van der Waals surface area contributed by atoms with Crippen molar-refractivity contribution in [2.75, 3.05) is 0 Å². The molecular formula is C11H22O2S. The van der Waals surface area contributed by atoms with Crippen LogP contribution in [0.15, 0.2) is 0 Å². The van der Waals surface area contributed by atoms with Crippen molar-refractivity contribution in [3.05, 3.63) is 0 Å². The number of hydrogen-bond donors (Lipinski definition) is 0. The summed E-state index contributed by atoms with van der Waals surface area (Å²) in [6, 6.07) is 0. The molecule has 0 aromatic rings. The molecule has 2 nitrogen and oxygen atoms in total. The van der Waals surface area contributed by atoms with Gasteiger partial charge in [-0.1, -0.05) is 34.6 Å². The van der Waals surface area contributed by atoms with Crippen molar-refractivity contribution in [3.8, 4) is 0 Å². The first-order valence-corrected chi connectivity index (χ1v) is 7.12. The van der Waals surface area contributed by atoms with Gasteiger partial charge in [0, 0.05) is 0 Å². The zero-order valence-corrected chi connectivity index (χ0v) is 10.6. The Bertz CT molecular complexity index is 290. The van der Waals surface area contributed by atoms with Crippen molar-refractivity contribution in [1.82, 2.24) is 0 Å². The van der Waals surface area contributed by atoms with Gasteiger partial charge >= 0.3 is 0 Å². The van der Waals surface area contributed by atoms with Crippen molar-refractivity contribution in [2.45, 2.75) is 51.5 Å². The minimum atomic E-state index is -2.88. The lowest BCUT2D eigenvalue weighted by molar-refractivity contribution is 0.432. The molecule has 0 spiro atoms. The quantitative estimate of drug-likeness (QED) is 0.713. The standard InChI is InChI=1S/C11H22O2S/c1-7(2)10-6-9(5)11(8(3)4)14(10,12)13/h7-11H,6H2,1-5H3. The summed E-state index contributed by atoms with van der Waals surface area (Å²) in [6.07, 6.45) is 0.850. The maximum absolute atomic E-state index is 12.2. The number of hydrogen-bond acceptors (Lipinski definition) is 2. The lowest BCUT2D eigenvalue weighted by Gasteiger charge is -2.20.